The second-order valence-electron chi connectivity index (χ2n) is 4.02. The molecule has 0 radical (unpaired) electrons. The minimum absolute atomic E-state index is 0.390. The molecule has 2 rings (SSSR count). The first-order valence-electron chi connectivity index (χ1n) is 5.70. The van der Waals surface area contributed by atoms with Crippen molar-refractivity contribution < 1.29 is 14.3 Å². The Morgan fingerprint density at radius 2 is 1.68 bits per heavy atom. The molecule has 1 aromatic carbocycles. The van der Waals surface area contributed by atoms with Gasteiger partial charge in [-0.2, -0.15) is 0 Å². The molecule has 5 nitrogen and oxygen atoms in total. The van der Waals surface area contributed by atoms with Gasteiger partial charge in [-0.1, -0.05) is 23.2 Å². The van der Waals surface area contributed by atoms with E-state index in [0.717, 1.165) is 0 Å². The molecule has 0 bridgehead atoms. The highest BCUT2D eigenvalue weighted by molar-refractivity contribution is 6.40. The van der Waals surface area contributed by atoms with Crippen LogP contribution in [-0.4, -0.2) is 43.0 Å². The lowest BCUT2D eigenvalue weighted by Crippen LogP contribution is -2.45. The lowest BCUT2D eigenvalue weighted by molar-refractivity contribution is -0.145. The van der Waals surface area contributed by atoms with E-state index < -0.39 is 11.8 Å². The zero-order valence-corrected chi connectivity index (χ0v) is 11.5. The molecule has 0 atom stereocenters. The van der Waals surface area contributed by atoms with Gasteiger partial charge in [0.1, 0.15) is 0 Å². The van der Waals surface area contributed by atoms with E-state index in [4.69, 9.17) is 27.9 Å². The maximum absolute atomic E-state index is 11.9. The maximum Gasteiger partial charge on any atom is 0.313 e. The Balaban J connectivity index is 2.01. The van der Waals surface area contributed by atoms with Crippen LogP contribution in [-0.2, 0) is 14.3 Å². The number of benzene rings is 1. The third-order valence-corrected chi connectivity index (χ3v) is 3.05. The lowest BCUT2D eigenvalue weighted by Gasteiger charge is -2.26. The number of nitrogens with zero attached hydrogens (tertiary/aromatic N) is 1. The van der Waals surface area contributed by atoms with Gasteiger partial charge in [0.15, 0.2) is 0 Å². The van der Waals surface area contributed by atoms with E-state index >= 15 is 0 Å². The maximum atomic E-state index is 11.9. The Bertz CT molecular complexity index is 481. The first-order valence-corrected chi connectivity index (χ1v) is 6.46. The SMILES string of the molecule is O=C(Nc1cc(Cl)cc(Cl)c1)C(=O)N1CCOCC1. The number of carbonyl (C=O) groups excluding carboxylic acids is 2. The van der Waals surface area contributed by atoms with Crippen molar-refractivity contribution in [1.29, 1.82) is 0 Å². The summed E-state index contributed by atoms with van der Waals surface area (Å²) in [7, 11) is 0. The van der Waals surface area contributed by atoms with Gasteiger partial charge in [-0.05, 0) is 18.2 Å². The molecule has 19 heavy (non-hydrogen) atoms. The number of rotatable bonds is 1. The Hall–Kier alpha value is -1.30. The zero-order chi connectivity index (χ0) is 13.8. The number of anilines is 1. The number of carbonyl (C=O) groups is 2. The summed E-state index contributed by atoms with van der Waals surface area (Å²) in [5.74, 6) is -1.29. The van der Waals surface area contributed by atoms with E-state index in [1.807, 2.05) is 0 Å². The highest BCUT2D eigenvalue weighted by Gasteiger charge is 2.23. The molecule has 1 fully saturated rings. The Kier molecular flexibility index (Phi) is 4.63. The smallest absolute Gasteiger partial charge is 0.313 e. The molecule has 1 aliphatic heterocycles. The second kappa shape index (κ2) is 6.23. The van der Waals surface area contributed by atoms with Crippen molar-refractivity contribution >= 4 is 40.7 Å². The van der Waals surface area contributed by atoms with Gasteiger partial charge in [0.25, 0.3) is 0 Å². The molecule has 0 aromatic heterocycles. The normalized spacial score (nSPS) is 15.2. The fraction of sp³-hybridized carbons (Fsp3) is 0.333. The van der Waals surface area contributed by atoms with Crippen LogP contribution in [0.2, 0.25) is 10.0 Å². The monoisotopic (exact) mass is 302 g/mol. The molecular weight excluding hydrogens is 291 g/mol. The van der Waals surface area contributed by atoms with Crippen LogP contribution in [0.3, 0.4) is 0 Å². The molecule has 0 aliphatic carbocycles. The van der Waals surface area contributed by atoms with Crippen molar-refractivity contribution in [3.8, 4) is 0 Å². The van der Waals surface area contributed by atoms with E-state index in [2.05, 4.69) is 5.32 Å². The summed E-state index contributed by atoms with van der Waals surface area (Å²) in [4.78, 5) is 25.1. The van der Waals surface area contributed by atoms with Crippen molar-refractivity contribution in [3.63, 3.8) is 0 Å². The summed E-state index contributed by atoms with van der Waals surface area (Å²) in [6, 6.07) is 4.60. The summed E-state index contributed by atoms with van der Waals surface area (Å²) in [6.45, 7) is 1.73. The fourth-order valence-electron chi connectivity index (χ4n) is 1.72. The summed E-state index contributed by atoms with van der Waals surface area (Å²) in [5.41, 5.74) is 0.393. The van der Waals surface area contributed by atoms with Gasteiger partial charge in [-0.3, -0.25) is 9.59 Å². The van der Waals surface area contributed by atoms with Crippen LogP contribution < -0.4 is 5.32 Å². The minimum Gasteiger partial charge on any atom is -0.378 e. The van der Waals surface area contributed by atoms with Crippen LogP contribution in [0.4, 0.5) is 5.69 Å². The molecule has 0 unspecified atom stereocenters. The number of ether oxygens (including phenoxy) is 1. The van der Waals surface area contributed by atoms with Crippen LogP contribution in [0, 0.1) is 0 Å². The predicted octanol–water partition coefficient (Wildman–Crippen LogP) is 1.79. The molecule has 0 saturated carbocycles. The van der Waals surface area contributed by atoms with Gasteiger partial charge in [0.05, 0.1) is 13.2 Å². The number of hydrogen-bond acceptors (Lipinski definition) is 3. The van der Waals surface area contributed by atoms with E-state index in [9.17, 15) is 9.59 Å². The van der Waals surface area contributed by atoms with Gasteiger partial charge in [0.2, 0.25) is 0 Å². The lowest BCUT2D eigenvalue weighted by atomic mass is 10.3. The Morgan fingerprint density at radius 1 is 1.11 bits per heavy atom. The van der Waals surface area contributed by atoms with Crippen molar-refractivity contribution in [1.82, 2.24) is 4.90 Å². The van der Waals surface area contributed by atoms with Crippen LogP contribution in [0.5, 0.6) is 0 Å². The summed E-state index contributed by atoms with van der Waals surface area (Å²) < 4.78 is 5.12. The quantitative estimate of drug-likeness (QED) is 0.805. The van der Waals surface area contributed by atoms with Crippen LogP contribution in [0.15, 0.2) is 18.2 Å². The second-order valence-corrected chi connectivity index (χ2v) is 4.89. The predicted molar refractivity (Wildman–Crippen MR) is 72.5 cm³/mol. The third-order valence-electron chi connectivity index (χ3n) is 2.61. The van der Waals surface area contributed by atoms with Crippen molar-refractivity contribution in [2.45, 2.75) is 0 Å². The minimum atomic E-state index is -0.708. The fourth-order valence-corrected chi connectivity index (χ4v) is 2.25. The molecule has 0 spiro atoms. The highest BCUT2D eigenvalue weighted by atomic mass is 35.5. The topological polar surface area (TPSA) is 58.6 Å². The van der Waals surface area contributed by atoms with Gasteiger partial charge in [-0.25, -0.2) is 0 Å². The van der Waals surface area contributed by atoms with Gasteiger partial charge >= 0.3 is 11.8 Å². The van der Waals surface area contributed by atoms with Crippen LogP contribution >= 0.6 is 23.2 Å². The number of hydrogen-bond donors (Lipinski definition) is 1. The van der Waals surface area contributed by atoms with Crippen LogP contribution in [0.25, 0.3) is 0 Å². The number of morpholine rings is 1. The van der Waals surface area contributed by atoms with E-state index in [1.54, 1.807) is 6.07 Å². The molecule has 1 aliphatic rings. The highest BCUT2D eigenvalue weighted by Crippen LogP contribution is 2.22. The molecule has 7 heteroatoms. The Morgan fingerprint density at radius 3 is 2.26 bits per heavy atom. The summed E-state index contributed by atoms with van der Waals surface area (Å²) in [6.07, 6.45) is 0. The van der Waals surface area contributed by atoms with E-state index in [0.29, 0.717) is 42.0 Å². The summed E-state index contributed by atoms with van der Waals surface area (Å²) in [5, 5.41) is 3.26. The van der Waals surface area contributed by atoms with Crippen molar-refractivity contribution in [2.24, 2.45) is 0 Å². The molecule has 1 aromatic rings. The first kappa shape index (κ1) is 14.1. The third kappa shape index (κ3) is 3.83. The van der Waals surface area contributed by atoms with E-state index in [1.165, 1.54) is 17.0 Å². The molecule has 102 valence electrons. The number of amides is 2. The van der Waals surface area contributed by atoms with E-state index in [-0.39, 0.29) is 0 Å². The van der Waals surface area contributed by atoms with Gasteiger partial charge < -0.3 is 15.0 Å². The molecule has 1 N–H and O–H groups in total. The zero-order valence-electron chi connectivity index (χ0n) is 9.99. The van der Waals surface area contributed by atoms with Gasteiger partial charge in [-0.15, -0.1) is 0 Å². The molecule has 2 amide bonds. The Labute approximate surface area is 120 Å². The molecule has 1 saturated heterocycles. The standard InChI is InChI=1S/C12H12Cl2N2O3/c13-8-5-9(14)7-10(6-8)15-11(17)12(18)16-1-3-19-4-2-16/h5-7H,1-4H2,(H,15,17). The summed E-state index contributed by atoms with van der Waals surface area (Å²) >= 11 is 11.6. The van der Waals surface area contributed by atoms with Crippen molar-refractivity contribution in [2.75, 3.05) is 31.6 Å². The van der Waals surface area contributed by atoms with Gasteiger partial charge in [0, 0.05) is 28.8 Å². The molecular formula is C12H12Cl2N2O3. The average Bonchev–Trinajstić information content (AvgIpc) is 2.37. The number of nitrogens with one attached hydrogen (secondary N) is 1. The molecule has 1 heterocycles. The van der Waals surface area contributed by atoms with Crippen LogP contribution in [0.1, 0.15) is 0 Å². The average molecular weight is 303 g/mol. The first-order chi connectivity index (χ1) is 9.06. The van der Waals surface area contributed by atoms with Crippen molar-refractivity contribution in [3.05, 3.63) is 28.2 Å². The number of halogens is 2. The largest absolute Gasteiger partial charge is 0.378 e.